The molecule has 0 amide bonds. The molecule has 5 heteroatoms. The molecule has 0 saturated heterocycles. The lowest BCUT2D eigenvalue weighted by Gasteiger charge is -2.31. The van der Waals surface area contributed by atoms with E-state index in [0.717, 1.165) is 12.4 Å². The highest BCUT2D eigenvalue weighted by molar-refractivity contribution is 5.86. The second-order valence-electron chi connectivity index (χ2n) is 6.45. The maximum atomic E-state index is 11.3. The molecule has 1 N–H and O–H groups in total. The summed E-state index contributed by atoms with van der Waals surface area (Å²) in [6.45, 7) is 5.49. The maximum absolute atomic E-state index is 11.3. The van der Waals surface area contributed by atoms with E-state index in [1.54, 1.807) is 12.1 Å². The van der Waals surface area contributed by atoms with Gasteiger partial charge in [-0.05, 0) is 42.7 Å². The maximum Gasteiger partial charge on any atom is 0.358 e. The standard InChI is InChI=1S/C16H25N3O2/c1-12(2)10-16(8-4-5-9-16)11-17-14-7-6-13(18-19-14)15(20)21-3/h6-7,12H,4-5,8-11H2,1-3H3,(H,17,19). The Labute approximate surface area is 126 Å². The average Bonchev–Trinajstić information content (AvgIpc) is 2.93. The van der Waals surface area contributed by atoms with Gasteiger partial charge in [0.15, 0.2) is 5.69 Å². The van der Waals surface area contributed by atoms with Crippen molar-refractivity contribution < 1.29 is 9.53 Å². The number of methoxy groups -OCH3 is 1. The van der Waals surface area contributed by atoms with Gasteiger partial charge in [0.05, 0.1) is 7.11 Å². The first-order valence-electron chi connectivity index (χ1n) is 7.71. The van der Waals surface area contributed by atoms with Gasteiger partial charge in [0.2, 0.25) is 0 Å². The molecule has 1 aromatic rings. The minimum absolute atomic E-state index is 0.237. The SMILES string of the molecule is COC(=O)c1ccc(NCC2(CC(C)C)CCCC2)nn1. The third-order valence-electron chi connectivity index (χ3n) is 4.21. The summed E-state index contributed by atoms with van der Waals surface area (Å²) in [5.74, 6) is 0.969. The Balaban J connectivity index is 1.96. The molecule has 5 nitrogen and oxygen atoms in total. The summed E-state index contributed by atoms with van der Waals surface area (Å²) < 4.78 is 4.62. The number of carbonyl (C=O) groups is 1. The number of nitrogens with zero attached hydrogens (tertiary/aromatic N) is 2. The van der Waals surface area contributed by atoms with Gasteiger partial charge < -0.3 is 10.1 Å². The van der Waals surface area contributed by atoms with Gasteiger partial charge >= 0.3 is 5.97 Å². The van der Waals surface area contributed by atoms with Crippen molar-refractivity contribution in [1.29, 1.82) is 0 Å². The zero-order chi connectivity index (χ0) is 15.3. The molecular weight excluding hydrogens is 266 g/mol. The number of anilines is 1. The van der Waals surface area contributed by atoms with Gasteiger partial charge in [-0.1, -0.05) is 26.7 Å². The second-order valence-corrected chi connectivity index (χ2v) is 6.45. The first-order chi connectivity index (χ1) is 10.0. The van der Waals surface area contributed by atoms with Gasteiger partial charge in [-0.15, -0.1) is 10.2 Å². The summed E-state index contributed by atoms with van der Waals surface area (Å²) in [6, 6.07) is 3.43. The van der Waals surface area contributed by atoms with Crippen molar-refractivity contribution in [3.8, 4) is 0 Å². The average molecular weight is 291 g/mol. The van der Waals surface area contributed by atoms with E-state index in [1.165, 1.54) is 39.2 Å². The first kappa shape index (κ1) is 15.7. The predicted octanol–water partition coefficient (Wildman–Crippen LogP) is 3.28. The molecule has 0 atom stereocenters. The van der Waals surface area contributed by atoms with Crippen LogP contribution in [0, 0.1) is 11.3 Å². The topological polar surface area (TPSA) is 64.1 Å². The van der Waals surface area contributed by atoms with Crippen LogP contribution in [0.3, 0.4) is 0 Å². The summed E-state index contributed by atoms with van der Waals surface area (Å²) in [4.78, 5) is 11.3. The van der Waals surface area contributed by atoms with E-state index in [0.29, 0.717) is 11.3 Å². The molecule has 1 heterocycles. The van der Waals surface area contributed by atoms with Gasteiger partial charge in [0, 0.05) is 6.54 Å². The third-order valence-corrected chi connectivity index (χ3v) is 4.21. The Bertz CT molecular complexity index is 465. The van der Waals surface area contributed by atoms with Crippen molar-refractivity contribution in [2.75, 3.05) is 19.0 Å². The Morgan fingerprint density at radius 3 is 2.57 bits per heavy atom. The number of nitrogens with one attached hydrogen (secondary N) is 1. The molecule has 116 valence electrons. The van der Waals surface area contributed by atoms with Gasteiger partial charge in [-0.25, -0.2) is 4.79 Å². The minimum atomic E-state index is -0.457. The van der Waals surface area contributed by atoms with E-state index >= 15 is 0 Å². The highest BCUT2D eigenvalue weighted by Crippen LogP contribution is 2.43. The van der Waals surface area contributed by atoms with E-state index in [-0.39, 0.29) is 5.69 Å². The number of aromatic nitrogens is 2. The van der Waals surface area contributed by atoms with Crippen molar-refractivity contribution in [3.63, 3.8) is 0 Å². The Kier molecular flexibility index (Phi) is 5.15. The minimum Gasteiger partial charge on any atom is -0.464 e. The Morgan fingerprint density at radius 1 is 1.33 bits per heavy atom. The molecule has 0 aromatic carbocycles. The molecule has 0 unspecified atom stereocenters. The first-order valence-corrected chi connectivity index (χ1v) is 7.71. The van der Waals surface area contributed by atoms with Crippen molar-refractivity contribution in [1.82, 2.24) is 10.2 Å². The largest absolute Gasteiger partial charge is 0.464 e. The van der Waals surface area contributed by atoms with Crippen molar-refractivity contribution in [2.45, 2.75) is 46.0 Å². The van der Waals surface area contributed by atoms with Crippen molar-refractivity contribution in [3.05, 3.63) is 17.8 Å². The van der Waals surface area contributed by atoms with Crippen molar-refractivity contribution in [2.24, 2.45) is 11.3 Å². The van der Waals surface area contributed by atoms with Crippen LogP contribution in [-0.2, 0) is 4.74 Å². The third kappa shape index (κ3) is 4.16. The second kappa shape index (κ2) is 6.87. The fourth-order valence-corrected chi connectivity index (χ4v) is 3.36. The van der Waals surface area contributed by atoms with Crippen LogP contribution in [0.25, 0.3) is 0 Å². The molecule has 0 aliphatic heterocycles. The van der Waals surface area contributed by atoms with Crippen LogP contribution in [-0.4, -0.2) is 29.8 Å². The summed E-state index contributed by atoms with van der Waals surface area (Å²) in [6.07, 6.45) is 6.45. The predicted molar refractivity (Wildman–Crippen MR) is 82.2 cm³/mol. The van der Waals surface area contributed by atoms with E-state index in [2.05, 4.69) is 34.1 Å². The molecule has 0 spiro atoms. The van der Waals surface area contributed by atoms with Crippen LogP contribution < -0.4 is 5.32 Å². The fraction of sp³-hybridized carbons (Fsp3) is 0.688. The number of ether oxygens (including phenoxy) is 1. The van der Waals surface area contributed by atoms with Crippen LogP contribution in [0.5, 0.6) is 0 Å². The van der Waals surface area contributed by atoms with Gasteiger partial charge in [-0.3, -0.25) is 0 Å². The van der Waals surface area contributed by atoms with Crippen LogP contribution in [0.4, 0.5) is 5.82 Å². The van der Waals surface area contributed by atoms with Crippen LogP contribution in [0.2, 0.25) is 0 Å². The quantitative estimate of drug-likeness (QED) is 0.815. The highest BCUT2D eigenvalue weighted by Gasteiger charge is 2.34. The lowest BCUT2D eigenvalue weighted by atomic mass is 9.78. The van der Waals surface area contributed by atoms with Gasteiger partial charge in [0.1, 0.15) is 5.82 Å². The zero-order valence-electron chi connectivity index (χ0n) is 13.2. The number of esters is 1. The van der Waals surface area contributed by atoms with E-state index in [4.69, 9.17) is 0 Å². The summed E-state index contributed by atoms with van der Waals surface area (Å²) in [5, 5.41) is 11.3. The molecule has 1 fully saturated rings. The van der Waals surface area contributed by atoms with Crippen molar-refractivity contribution >= 4 is 11.8 Å². The number of hydrogen-bond donors (Lipinski definition) is 1. The summed E-state index contributed by atoms with van der Waals surface area (Å²) in [7, 11) is 1.34. The van der Waals surface area contributed by atoms with E-state index < -0.39 is 5.97 Å². The molecule has 1 aliphatic carbocycles. The number of rotatable bonds is 6. The number of hydrogen-bond acceptors (Lipinski definition) is 5. The smallest absolute Gasteiger partial charge is 0.358 e. The molecule has 1 saturated carbocycles. The molecule has 0 bridgehead atoms. The van der Waals surface area contributed by atoms with Crippen LogP contribution in [0.15, 0.2) is 12.1 Å². The molecule has 21 heavy (non-hydrogen) atoms. The monoisotopic (exact) mass is 291 g/mol. The van der Waals surface area contributed by atoms with Gasteiger partial charge in [-0.2, -0.15) is 0 Å². The molecule has 0 radical (unpaired) electrons. The van der Waals surface area contributed by atoms with E-state index in [1.807, 2.05) is 0 Å². The Hall–Kier alpha value is -1.65. The molecule has 2 rings (SSSR count). The summed E-state index contributed by atoms with van der Waals surface area (Å²) in [5.41, 5.74) is 0.623. The van der Waals surface area contributed by atoms with E-state index in [9.17, 15) is 4.79 Å². The zero-order valence-corrected chi connectivity index (χ0v) is 13.2. The van der Waals surface area contributed by atoms with Crippen LogP contribution in [0.1, 0.15) is 56.4 Å². The molecule has 1 aliphatic rings. The Morgan fingerprint density at radius 2 is 2.05 bits per heavy atom. The number of carbonyl (C=O) groups excluding carboxylic acids is 1. The lowest BCUT2D eigenvalue weighted by molar-refractivity contribution is 0.0592. The fourth-order valence-electron chi connectivity index (χ4n) is 3.36. The lowest BCUT2D eigenvalue weighted by Crippen LogP contribution is -2.28. The molecule has 1 aromatic heterocycles. The van der Waals surface area contributed by atoms with Crippen LogP contribution >= 0.6 is 0 Å². The normalized spacial score (nSPS) is 17.0. The van der Waals surface area contributed by atoms with Gasteiger partial charge in [0.25, 0.3) is 0 Å². The summed E-state index contributed by atoms with van der Waals surface area (Å²) >= 11 is 0. The molecular formula is C16H25N3O2. The highest BCUT2D eigenvalue weighted by atomic mass is 16.5.